The van der Waals surface area contributed by atoms with Crippen LogP contribution >= 0.6 is 11.8 Å². The summed E-state index contributed by atoms with van der Waals surface area (Å²) in [5, 5.41) is 37.5. The van der Waals surface area contributed by atoms with Gasteiger partial charge in [-0.1, -0.05) is 55.5 Å². The first-order chi connectivity index (χ1) is 26.5. The van der Waals surface area contributed by atoms with Crippen LogP contribution in [0.4, 0.5) is 17.6 Å². The monoisotopic (exact) mass is 802 g/mol. The summed E-state index contributed by atoms with van der Waals surface area (Å²) in [5.41, 5.74) is 2.61. The number of aliphatic hydroxyl groups is 2. The summed E-state index contributed by atoms with van der Waals surface area (Å²) in [6, 6.07) is 20.2. The number of halogens is 4. The number of carbonyl (C=O) groups excluding carboxylic acids is 1. The van der Waals surface area contributed by atoms with Gasteiger partial charge in [0.15, 0.2) is 12.2 Å². The molecule has 1 amide bonds. The van der Waals surface area contributed by atoms with Gasteiger partial charge in [-0.2, -0.15) is 18.3 Å². The minimum Gasteiger partial charge on any atom is -0.479 e. The topological polar surface area (TPSA) is 174 Å². The molecule has 2 heterocycles. The number of aliphatic carboxylic acids is 2. The van der Waals surface area contributed by atoms with Crippen LogP contribution in [0, 0.1) is 12.7 Å². The number of carboxylic acids is 2. The average molecular weight is 803 g/mol. The lowest BCUT2D eigenvalue weighted by molar-refractivity contribution is -0.165. The predicted octanol–water partition coefficient (Wildman–Crippen LogP) is 5.06. The van der Waals surface area contributed by atoms with Crippen molar-refractivity contribution in [3.63, 3.8) is 0 Å². The van der Waals surface area contributed by atoms with Crippen LogP contribution in [0.5, 0.6) is 0 Å². The highest BCUT2D eigenvalue weighted by atomic mass is 32.2. The number of nitrogens with zero attached hydrogens (tertiary/aromatic N) is 4. The summed E-state index contributed by atoms with van der Waals surface area (Å²) in [7, 11) is 0. The molecule has 4 N–H and O–H groups in total. The zero-order valence-electron chi connectivity index (χ0n) is 30.5. The number of alkyl halides is 3. The Bertz CT molecular complexity index is 1990. The number of thioether (sulfide) groups is 1. The van der Waals surface area contributed by atoms with E-state index in [2.05, 4.69) is 16.9 Å². The molecule has 17 heteroatoms. The molecule has 2 unspecified atom stereocenters. The zero-order valence-corrected chi connectivity index (χ0v) is 31.3. The second-order valence-corrected chi connectivity index (χ2v) is 14.0. The van der Waals surface area contributed by atoms with Gasteiger partial charge in [-0.25, -0.2) is 18.7 Å². The van der Waals surface area contributed by atoms with Crippen molar-refractivity contribution in [1.29, 1.82) is 0 Å². The Morgan fingerprint density at radius 2 is 1.39 bits per heavy atom. The first-order valence-corrected chi connectivity index (χ1v) is 18.5. The number of piperidine rings is 1. The Hall–Kier alpha value is -5.10. The summed E-state index contributed by atoms with van der Waals surface area (Å²) in [4.78, 5) is 50.4. The van der Waals surface area contributed by atoms with Crippen molar-refractivity contribution in [1.82, 2.24) is 19.6 Å². The van der Waals surface area contributed by atoms with Crippen molar-refractivity contribution in [2.24, 2.45) is 0 Å². The molecule has 56 heavy (non-hydrogen) atoms. The number of aliphatic hydroxyl groups excluding tert-OH is 2. The minimum absolute atomic E-state index is 0.0145. The fraction of sp³-hybridized carbons (Fsp3) is 0.359. The van der Waals surface area contributed by atoms with Crippen LogP contribution in [0.25, 0.3) is 11.1 Å². The van der Waals surface area contributed by atoms with E-state index in [1.807, 2.05) is 29.2 Å². The van der Waals surface area contributed by atoms with E-state index in [-0.39, 0.29) is 29.7 Å². The Balaban J connectivity index is 0.000000613. The van der Waals surface area contributed by atoms with Crippen LogP contribution in [-0.2, 0) is 39.4 Å². The van der Waals surface area contributed by atoms with Gasteiger partial charge in [0.1, 0.15) is 18.1 Å². The lowest BCUT2D eigenvalue weighted by Gasteiger charge is -2.38. The highest BCUT2D eigenvalue weighted by Gasteiger charge is 2.31. The normalized spacial score (nSPS) is 14.6. The first kappa shape index (κ1) is 43.6. The highest BCUT2D eigenvalue weighted by Crippen LogP contribution is 2.31. The SMILES string of the molecule is CCN1CCC(N(Cc2ccc(-c3ccc(C(F)(F)F)cc3)cc2)C(=O)Cn2nc(C)c(=O)cc2SCc2ccc(F)cc2)CC1.O=C(O)C(O)C(O)C(=O)O. The molecule has 0 radical (unpaired) electrons. The molecule has 1 aromatic heterocycles. The molecular formula is C39H42F4N4O8S. The van der Waals surface area contributed by atoms with Crippen LogP contribution in [-0.4, -0.2) is 95.7 Å². The quantitative estimate of drug-likeness (QED) is 0.105. The third-order valence-electron chi connectivity index (χ3n) is 9.14. The second-order valence-electron chi connectivity index (χ2n) is 13.0. The van der Waals surface area contributed by atoms with E-state index in [1.165, 1.54) is 42.1 Å². The van der Waals surface area contributed by atoms with Gasteiger partial charge in [0.2, 0.25) is 11.3 Å². The number of benzene rings is 3. The number of hydrogen-bond donors (Lipinski definition) is 4. The van der Waals surface area contributed by atoms with Crippen LogP contribution in [0.1, 0.15) is 42.1 Å². The third-order valence-corrected chi connectivity index (χ3v) is 10.2. The molecule has 5 rings (SSSR count). The number of rotatable bonds is 13. The van der Waals surface area contributed by atoms with Crippen LogP contribution in [0.2, 0.25) is 0 Å². The molecule has 1 aliphatic rings. The molecule has 3 aromatic carbocycles. The number of aryl methyl sites for hydroxylation is 1. The van der Waals surface area contributed by atoms with Crippen molar-refractivity contribution in [2.75, 3.05) is 19.6 Å². The Kier molecular flexibility index (Phi) is 15.3. The molecule has 1 fully saturated rings. The molecule has 0 aliphatic carbocycles. The van der Waals surface area contributed by atoms with E-state index in [4.69, 9.17) is 20.4 Å². The number of aromatic nitrogens is 2. The molecule has 0 saturated carbocycles. The fourth-order valence-corrected chi connectivity index (χ4v) is 6.80. The zero-order chi connectivity index (χ0) is 41.2. The molecule has 1 saturated heterocycles. The Morgan fingerprint density at radius 3 is 1.89 bits per heavy atom. The molecule has 4 aromatic rings. The third kappa shape index (κ3) is 12.2. The van der Waals surface area contributed by atoms with Gasteiger partial charge < -0.3 is 30.2 Å². The van der Waals surface area contributed by atoms with Crippen LogP contribution in [0.15, 0.2) is 88.7 Å². The van der Waals surface area contributed by atoms with Crippen molar-refractivity contribution >= 4 is 29.6 Å². The predicted molar refractivity (Wildman–Crippen MR) is 199 cm³/mol. The highest BCUT2D eigenvalue weighted by molar-refractivity contribution is 7.98. The number of hydrogen-bond acceptors (Lipinski definition) is 9. The van der Waals surface area contributed by atoms with E-state index in [1.54, 1.807) is 23.7 Å². The van der Waals surface area contributed by atoms with Crippen LogP contribution in [0.3, 0.4) is 0 Å². The molecule has 12 nitrogen and oxygen atoms in total. The van der Waals surface area contributed by atoms with Gasteiger partial charge in [0.25, 0.3) is 0 Å². The summed E-state index contributed by atoms with van der Waals surface area (Å²) >= 11 is 1.37. The van der Waals surface area contributed by atoms with E-state index in [0.29, 0.717) is 28.6 Å². The number of carboxylic acid groups (broad SMARTS) is 2. The van der Waals surface area contributed by atoms with Crippen molar-refractivity contribution in [3.8, 4) is 11.1 Å². The number of carbonyl (C=O) groups is 3. The van der Waals surface area contributed by atoms with Crippen molar-refractivity contribution < 1.29 is 52.4 Å². The number of likely N-dealkylation sites (tertiary alicyclic amines) is 1. The lowest BCUT2D eigenvalue weighted by Crippen LogP contribution is -2.48. The van der Waals surface area contributed by atoms with Crippen molar-refractivity contribution in [2.45, 2.75) is 75.0 Å². The Morgan fingerprint density at radius 1 is 0.875 bits per heavy atom. The van der Waals surface area contributed by atoms with Gasteiger partial charge in [-0.3, -0.25) is 9.59 Å². The van der Waals surface area contributed by atoms with E-state index >= 15 is 0 Å². The summed E-state index contributed by atoms with van der Waals surface area (Å²) in [6.07, 6.45) is -7.27. The molecule has 2 atom stereocenters. The minimum atomic E-state index is -4.39. The summed E-state index contributed by atoms with van der Waals surface area (Å²) in [6.45, 7) is 6.76. The van der Waals surface area contributed by atoms with Gasteiger partial charge in [0, 0.05) is 37.5 Å². The average Bonchev–Trinajstić information content (AvgIpc) is 3.18. The van der Waals surface area contributed by atoms with Gasteiger partial charge in [-0.15, -0.1) is 11.8 Å². The summed E-state index contributed by atoms with van der Waals surface area (Å²) in [5.74, 6) is -3.51. The van der Waals surface area contributed by atoms with Gasteiger partial charge in [0.05, 0.1) is 10.6 Å². The van der Waals surface area contributed by atoms with E-state index in [9.17, 15) is 36.7 Å². The maximum atomic E-state index is 14.1. The summed E-state index contributed by atoms with van der Waals surface area (Å²) < 4.78 is 54.0. The molecule has 0 spiro atoms. The number of amides is 1. The van der Waals surface area contributed by atoms with Gasteiger partial charge in [-0.05, 0) is 72.8 Å². The van der Waals surface area contributed by atoms with E-state index < -0.39 is 35.9 Å². The maximum Gasteiger partial charge on any atom is 0.416 e. The lowest BCUT2D eigenvalue weighted by atomic mass is 10.00. The molecule has 0 bridgehead atoms. The van der Waals surface area contributed by atoms with Gasteiger partial charge >= 0.3 is 18.1 Å². The Labute approximate surface area is 324 Å². The molecule has 300 valence electrons. The molecular weight excluding hydrogens is 761 g/mol. The fourth-order valence-electron chi connectivity index (χ4n) is 5.85. The largest absolute Gasteiger partial charge is 0.479 e. The molecule has 1 aliphatic heterocycles. The maximum absolute atomic E-state index is 14.1. The van der Waals surface area contributed by atoms with Crippen LogP contribution < -0.4 is 5.43 Å². The van der Waals surface area contributed by atoms with Crippen molar-refractivity contribution in [3.05, 3.63) is 117 Å². The van der Waals surface area contributed by atoms with E-state index in [0.717, 1.165) is 61.3 Å². The first-order valence-electron chi connectivity index (χ1n) is 17.5. The second kappa shape index (κ2) is 19.7. The smallest absolute Gasteiger partial charge is 0.416 e. The standard InChI is InChI=1S/C35H36F4N4O2S.C4H6O6/c1-3-41-18-16-31(17-19-41)42(21-25-4-8-27(9-5-25)28-10-12-29(13-11-28)35(37,38)39)33(45)22-43-34(20-32(44)24(2)40-43)46-23-26-6-14-30(36)15-7-26;5-1(3(7)8)2(6)4(9)10/h4-15,20,31H,3,16-19,21-23H2,1-2H3;1-2,5-6H,(H,7,8)(H,9,10).